The number of aromatic hydroxyl groups is 1. The number of phenols is 1. The molecule has 0 saturated carbocycles. The van der Waals surface area contributed by atoms with Crippen LogP contribution in [0.4, 0.5) is 10.1 Å². The van der Waals surface area contributed by atoms with E-state index in [0.717, 1.165) is 31.5 Å². The van der Waals surface area contributed by atoms with Gasteiger partial charge in [0.05, 0.1) is 7.11 Å². The highest BCUT2D eigenvalue weighted by atomic mass is 19.1. The van der Waals surface area contributed by atoms with Gasteiger partial charge < -0.3 is 14.7 Å². The Kier molecular flexibility index (Phi) is 6.94. The number of rotatable bonds is 6. The number of nitrogens with zero attached hydrogens (tertiary/aromatic N) is 2. The van der Waals surface area contributed by atoms with Crippen LogP contribution in [0.3, 0.4) is 0 Å². The highest BCUT2D eigenvalue weighted by Crippen LogP contribution is 2.32. The lowest BCUT2D eigenvalue weighted by atomic mass is 9.99. The van der Waals surface area contributed by atoms with E-state index in [2.05, 4.69) is 4.90 Å². The summed E-state index contributed by atoms with van der Waals surface area (Å²) in [5.41, 5.74) is 2.53. The molecule has 3 aromatic carbocycles. The molecule has 1 aliphatic rings. The van der Waals surface area contributed by atoms with Gasteiger partial charge in [-0.2, -0.15) is 0 Å². The third-order valence-corrected chi connectivity index (χ3v) is 6.29. The molecule has 1 heterocycles. The van der Waals surface area contributed by atoms with Gasteiger partial charge in [0, 0.05) is 42.5 Å². The molecular weight excluding hydrogens is 419 g/mol. The average molecular weight is 449 g/mol. The number of methoxy groups -OCH3 is 1. The molecule has 33 heavy (non-hydrogen) atoms. The minimum Gasteiger partial charge on any atom is -0.504 e. The molecule has 1 aliphatic heterocycles. The van der Waals surface area contributed by atoms with E-state index in [9.17, 15) is 14.3 Å². The van der Waals surface area contributed by atoms with Crippen LogP contribution in [0.1, 0.15) is 34.3 Å². The second-order valence-electron chi connectivity index (χ2n) is 8.45. The van der Waals surface area contributed by atoms with Gasteiger partial charge in [-0.05, 0) is 55.7 Å². The van der Waals surface area contributed by atoms with Gasteiger partial charge in [0.2, 0.25) is 0 Å². The molecule has 1 N–H and O–H groups in total. The topological polar surface area (TPSA) is 53.0 Å². The molecule has 0 bridgehead atoms. The van der Waals surface area contributed by atoms with Gasteiger partial charge in [-0.3, -0.25) is 9.69 Å². The van der Waals surface area contributed by atoms with Crippen LogP contribution in [0, 0.1) is 12.7 Å². The number of aryl methyl sites for hydroxylation is 1. The van der Waals surface area contributed by atoms with Crippen molar-refractivity contribution >= 4 is 11.6 Å². The van der Waals surface area contributed by atoms with Crippen molar-refractivity contribution in [3.05, 3.63) is 89.2 Å². The molecule has 6 heteroatoms. The zero-order valence-electron chi connectivity index (χ0n) is 19.0. The van der Waals surface area contributed by atoms with Crippen molar-refractivity contribution < 1.29 is 19.0 Å². The molecule has 0 aliphatic carbocycles. The van der Waals surface area contributed by atoms with E-state index in [1.807, 2.05) is 36.4 Å². The van der Waals surface area contributed by atoms with Gasteiger partial charge >= 0.3 is 0 Å². The van der Waals surface area contributed by atoms with Crippen LogP contribution < -0.4 is 9.64 Å². The fourth-order valence-corrected chi connectivity index (χ4v) is 4.38. The minimum absolute atomic E-state index is 0.0463. The number of ether oxygens (including phenoxy) is 1. The molecular formula is C27H29FN2O3. The first-order valence-corrected chi connectivity index (χ1v) is 11.2. The molecule has 5 nitrogen and oxygen atoms in total. The maximum atomic E-state index is 14.4. The summed E-state index contributed by atoms with van der Waals surface area (Å²) >= 11 is 0. The maximum absolute atomic E-state index is 14.4. The first kappa shape index (κ1) is 22.8. The van der Waals surface area contributed by atoms with Gasteiger partial charge in [-0.15, -0.1) is 0 Å². The van der Waals surface area contributed by atoms with Gasteiger partial charge in [0.15, 0.2) is 11.5 Å². The number of hydrogen-bond acceptors (Lipinski definition) is 4. The summed E-state index contributed by atoms with van der Waals surface area (Å²) in [5, 5.41) is 10.4. The summed E-state index contributed by atoms with van der Waals surface area (Å²) in [6.45, 7) is 3.83. The van der Waals surface area contributed by atoms with Crippen LogP contribution in [-0.4, -0.2) is 42.2 Å². The monoisotopic (exact) mass is 448 g/mol. The minimum atomic E-state index is -0.315. The van der Waals surface area contributed by atoms with Crippen LogP contribution in [0.15, 0.2) is 66.7 Å². The normalized spacial score (nSPS) is 14.8. The van der Waals surface area contributed by atoms with Crippen LogP contribution in [0.2, 0.25) is 0 Å². The maximum Gasteiger partial charge on any atom is 0.258 e. The number of halogens is 1. The molecule has 0 atom stereocenters. The largest absolute Gasteiger partial charge is 0.504 e. The standard InChI is InChI=1S/C27H29FN2O3/c1-19-11-12-23(17-24(19)28)30(27(32)20-7-4-3-5-8-20)22-13-15-29(16-14-22)18-21-9-6-10-25(33-2)26(21)31/h3-12,17,22,31H,13-16,18H2,1-2H3. The molecule has 0 aromatic heterocycles. The lowest BCUT2D eigenvalue weighted by Crippen LogP contribution is -2.47. The summed E-state index contributed by atoms with van der Waals surface area (Å²) in [6.07, 6.45) is 1.50. The van der Waals surface area contributed by atoms with E-state index in [1.54, 1.807) is 36.1 Å². The van der Waals surface area contributed by atoms with Crippen molar-refractivity contribution in [2.45, 2.75) is 32.4 Å². The van der Waals surface area contributed by atoms with Crippen LogP contribution in [0.25, 0.3) is 0 Å². The second-order valence-corrected chi connectivity index (χ2v) is 8.45. The third-order valence-electron chi connectivity index (χ3n) is 6.29. The van der Waals surface area contributed by atoms with Crippen molar-refractivity contribution in [2.75, 3.05) is 25.1 Å². The number of para-hydroxylation sites is 1. The number of likely N-dealkylation sites (tertiary alicyclic amines) is 1. The van der Waals surface area contributed by atoms with Crippen molar-refractivity contribution in [1.29, 1.82) is 0 Å². The number of benzene rings is 3. The summed E-state index contributed by atoms with van der Waals surface area (Å²) in [6, 6.07) is 19.6. The lowest BCUT2D eigenvalue weighted by Gasteiger charge is -2.39. The number of anilines is 1. The van der Waals surface area contributed by atoms with Crippen molar-refractivity contribution in [1.82, 2.24) is 4.90 Å². The number of phenolic OH excluding ortho intramolecular Hbond substituents is 1. The average Bonchev–Trinajstić information content (AvgIpc) is 2.84. The Hall–Kier alpha value is -3.38. The van der Waals surface area contributed by atoms with Crippen LogP contribution in [-0.2, 0) is 6.54 Å². The summed E-state index contributed by atoms with van der Waals surface area (Å²) in [7, 11) is 1.54. The predicted octanol–water partition coefficient (Wildman–Crippen LogP) is 5.16. The zero-order valence-corrected chi connectivity index (χ0v) is 19.0. The Morgan fingerprint density at radius 2 is 1.82 bits per heavy atom. The van der Waals surface area contributed by atoms with E-state index in [4.69, 9.17) is 4.74 Å². The van der Waals surface area contributed by atoms with Gasteiger partial charge in [-0.1, -0.05) is 36.4 Å². The molecule has 4 rings (SSSR count). The molecule has 0 spiro atoms. The second kappa shape index (κ2) is 10.0. The number of piperidine rings is 1. The van der Waals surface area contributed by atoms with Gasteiger partial charge in [-0.25, -0.2) is 4.39 Å². The van der Waals surface area contributed by atoms with E-state index in [1.165, 1.54) is 13.2 Å². The smallest absolute Gasteiger partial charge is 0.258 e. The summed E-state index contributed by atoms with van der Waals surface area (Å²) in [5.74, 6) is 0.189. The fourth-order valence-electron chi connectivity index (χ4n) is 4.38. The van der Waals surface area contributed by atoms with Crippen molar-refractivity contribution in [2.24, 2.45) is 0 Å². The van der Waals surface area contributed by atoms with E-state index in [0.29, 0.717) is 29.1 Å². The third kappa shape index (κ3) is 5.01. The zero-order chi connectivity index (χ0) is 23.4. The Bertz CT molecular complexity index is 1110. The molecule has 1 fully saturated rings. The Morgan fingerprint density at radius 3 is 2.48 bits per heavy atom. The first-order valence-electron chi connectivity index (χ1n) is 11.2. The number of carbonyl (C=O) groups is 1. The van der Waals surface area contributed by atoms with Crippen LogP contribution >= 0.6 is 0 Å². The van der Waals surface area contributed by atoms with Crippen LogP contribution in [0.5, 0.6) is 11.5 Å². The van der Waals surface area contributed by atoms with Gasteiger partial charge in [0.25, 0.3) is 5.91 Å². The van der Waals surface area contributed by atoms with Crippen molar-refractivity contribution in [3.63, 3.8) is 0 Å². The first-order chi connectivity index (χ1) is 16.0. The predicted molar refractivity (Wildman–Crippen MR) is 127 cm³/mol. The van der Waals surface area contributed by atoms with Crippen molar-refractivity contribution in [3.8, 4) is 11.5 Å². The SMILES string of the molecule is COc1cccc(CN2CCC(N(C(=O)c3ccccc3)c3ccc(C)c(F)c3)CC2)c1O. The van der Waals surface area contributed by atoms with E-state index in [-0.39, 0.29) is 23.5 Å². The Labute approximate surface area is 194 Å². The highest BCUT2D eigenvalue weighted by molar-refractivity contribution is 6.06. The summed E-state index contributed by atoms with van der Waals surface area (Å²) in [4.78, 5) is 17.5. The molecule has 0 radical (unpaired) electrons. The number of amides is 1. The molecule has 3 aromatic rings. The molecule has 1 amide bonds. The van der Waals surface area contributed by atoms with Gasteiger partial charge in [0.1, 0.15) is 5.82 Å². The Balaban J connectivity index is 1.53. The fraction of sp³-hybridized carbons (Fsp3) is 0.296. The van der Waals surface area contributed by atoms with E-state index >= 15 is 0 Å². The molecule has 1 saturated heterocycles. The number of carbonyl (C=O) groups excluding carboxylic acids is 1. The quantitative estimate of drug-likeness (QED) is 0.566. The number of hydrogen-bond donors (Lipinski definition) is 1. The summed E-state index contributed by atoms with van der Waals surface area (Å²) < 4.78 is 19.6. The highest BCUT2D eigenvalue weighted by Gasteiger charge is 2.30. The van der Waals surface area contributed by atoms with E-state index < -0.39 is 0 Å². The Morgan fingerprint density at radius 1 is 1.09 bits per heavy atom. The molecule has 0 unspecified atom stereocenters. The lowest BCUT2D eigenvalue weighted by molar-refractivity contribution is 0.0958. The molecule has 172 valence electrons.